The molecule has 0 amide bonds. The van der Waals surface area contributed by atoms with Crippen molar-refractivity contribution in [3.8, 4) is 0 Å². The number of carbonyl (C=O) groups is 1. The molecular weight excluding hydrogens is 506 g/mol. The van der Waals surface area contributed by atoms with Gasteiger partial charge < -0.3 is 5.11 Å². The first-order valence-corrected chi connectivity index (χ1v) is 14.3. The largest absolute Gasteiger partial charge is 0.478 e. The number of thiophene rings is 1. The van der Waals surface area contributed by atoms with E-state index < -0.39 is 25.8 Å². The van der Waals surface area contributed by atoms with Crippen LogP contribution in [0.2, 0.25) is 0 Å². The van der Waals surface area contributed by atoms with Crippen LogP contribution in [0, 0.1) is 0 Å². The lowest BCUT2D eigenvalue weighted by Crippen LogP contribution is -2.11. The molecule has 0 aliphatic heterocycles. The number of benzene rings is 3. The second-order valence-corrected chi connectivity index (χ2v) is 12.9. The molecule has 1 heterocycles. The van der Waals surface area contributed by atoms with Crippen molar-refractivity contribution in [2.75, 3.05) is 4.72 Å². The van der Waals surface area contributed by atoms with Crippen molar-refractivity contribution >= 4 is 42.9 Å². The minimum atomic E-state index is -3.96. The van der Waals surface area contributed by atoms with Gasteiger partial charge in [-0.2, -0.15) is 0 Å². The lowest BCUT2D eigenvalue weighted by Gasteiger charge is -2.08. The third-order valence-electron chi connectivity index (χ3n) is 5.25. The number of aromatic carboxylic acids is 1. The number of sulfonamides is 1. The zero-order valence-corrected chi connectivity index (χ0v) is 20.7. The summed E-state index contributed by atoms with van der Waals surface area (Å²) < 4.78 is 53.5. The van der Waals surface area contributed by atoms with Gasteiger partial charge in [0.2, 0.25) is 9.84 Å². The predicted octanol–water partition coefficient (Wildman–Crippen LogP) is 4.87. The van der Waals surface area contributed by atoms with Crippen LogP contribution in [0.4, 0.5) is 5.69 Å². The third kappa shape index (κ3) is 5.79. The first-order chi connectivity index (χ1) is 16.6. The van der Waals surface area contributed by atoms with E-state index >= 15 is 0 Å². The van der Waals surface area contributed by atoms with Gasteiger partial charge in [0.05, 0.1) is 10.5 Å². The molecule has 35 heavy (non-hydrogen) atoms. The molecule has 0 aliphatic rings. The van der Waals surface area contributed by atoms with Crippen molar-refractivity contribution in [2.24, 2.45) is 0 Å². The van der Waals surface area contributed by atoms with Crippen LogP contribution in [-0.4, -0.2) is 27.9 Å². The first kappa shape index (κ1) is 24.6. The topological polar surface area (TPSA) is 118 Å². The number of nitrogens with one attached hydrogen (secondary N) is 1. The summed E-state index contributed by atoms with van der Waals surface area (Å²) >= 11 is 0.697. The Balaban J connectivity index is 1.41. The highest BCUT2D eigenvalue weighted by atomic mass is 32.3. The van der Waals surface area contributed by atoms with E-state index in [2.05, 4.69) is 4.72 Å². The molecule has 0 saturated heterocycles. The van der Waals surface area contributed by atoms with E-state index in [4.69, 9.17) is 5.11 Å². The van der Waals surface area contributed by atoms with E-state index in [0.29, 0.717) is 29.9 Å². The van der Waals surface area contributed by atoms with Crippen LogP contribution < -0.4 is 4.72 Å². The van der Waals surface area contributed by atoms with Crippen molar-refractivity contribution in [3.63, 3.8) is 0 Å². The Labute approximate surface area is 207 Å². The highest BCUT2D eigenvalue weighted by Crippen LogP contribution is 2.31. The quantitative estimate of drug-likeness (QED) is 0.321. The Bertz CT molecular complexity index is 1540. The molecule has 4 rings (SSSR count). The smallest absolute Gasteiger partial charge is 0.335 e. The fourth-order valence-corrected chi connectivity index (χ4v) is 7.60. The lowest BCUT2D eigenvalue weighted by atomic mass is 10.0. The van der Waals surface area contributed by atoms with Crippen molar-refractivity contribution in [1.82, 2.24) is 0 Å². The molecular formula is C25H21NO6S3. The standard InChI is InChI=1S/C25H21NO6S3/c27-25(28)20-12-8-18(9-13-20)6-7-19-10-14-21(15-11-19)26-35(31,32)24-17-16-23(33-24)34(29,30)22-4-2-1-3-5-22/h1-5,8-17,26H,6-7H2,(H,27,28). The Hall–Kier alpha value is -3.47. The van der Waals surface area contributed by atoms with Crippen LogP contribution in [0.3, 0.4) is 0 Å². The molecule has 0 fully saturated rings. The summed E-state index contributed by atoms with van der Waals surface area (Å²) in [5.74, 6) is -0.966. The van der Waals surface area contributed by atoms with Gasteiger partial charge in [-0.25, -0.2) is 21.6 Å². The van der Waals surface area contributed by atoms with E-state index in [1.807, 2.05) is 12.1 Å². The van der Waals surface area contributed by atoms with Gasteiger partial charge in [-0.05, 0) is 72.5 Å². The Kier molecular flexibility index (Phi) is 7.06. The number of carboxylic acids is 1. The Morgan fingerprint density at radius 3 is 1.83 bits per heavy atom. The average Bonchev–Trinajstić information content (AvgIpc) is 3.37. The zero-order valence-electron chi connectivity index (χ0n) is 18.3. The van der Waals surface area contributed by atoms with Gasteiger partial charge in [0.25, 0.3) is 10.0 Å². The molecule has 3 aromatic carbocycles. The molecule has 7 nitrogen and oxygen atoms in total. The number of rotatable bonds is 9. The van der Waals surface area contributed by atoms with E-state index in [0.717, 1.165) is 11.1 Å². The van der Waals surface area contributed by atoms with Gasteiger partial charge in [-0.1, -0.05) is 42.5 Å². The molecule has 0 atom stereocenters. The van der Waals surface area contributed by atoms with Crippen molar-refractivity contribution < 1.29 is 26.7 Å². The summed E-state index contributed by atoms with van der Waals surface area (Å²) in [6, 6.07) is 24.0. The van der Waals surface area contributed by atoms with Crippen LogP contribution in [0.15, 0.2) is 104 Å². The number of sulfone groups is 1. The Morgan fingerprint density at radius 2 is 1.26 bits per heavy atom. The molecule has 0 radical (unpaired) electrons. The molecule has 0 bridgehead atoms. The summed E-state index contributed by atoms with van der Waals surface area (Å²) in [6.07, 6.45) is 1.41. The SMILES string of the molecule is O=C(O)c1ccc(CCc2ccc(NS(=O)(=O)c3ccc(S(=O)(=O)c4ccccc4)s3)cc2)cc1. The first-order valence-electron chi connectivity index (χ1n) is 10.5. The van der Waals surface area contributed by atoms with Gasteiger partial charge in [0.1, 0.15) is 8.42 Å². The fraction of sp³-hybridized carbons (Fsp3) is 0.0800. The van der Waals surface area contributed by atoms with Crippen LogP contribution in [-0.2, 0) is 32.7 Å². The van der Waals surface area contributed by atoms with Crippen LogP contribution in [0.1, 0.15) is 21.5 Å². The molecule has 0 aliphatic carbocycles. The highest BCUT2D eigenvalue weighted by Gasteiger charge is 2.24. The maximum Gasteiger partial charge on any atom is 0.335 e. The number of anilines is 1. The molecule has 0 unspecified atom stereocenters. The van der Waals surface area contributed by atoms with Crippen molar-refractivity contribution in [2.45, 2.75) is 26.2 Å². The van der Waals surface area contributed by atoms with E-state index in [-0.39, 0.29) is 18.9 Å². The van der Waals surface area contributed by atoms with E-state index in [1.54, 1.807) is 54.6 Å². The van der Waals surface area contributed by atoms with Gasteiger partial charge in [0.15, 0.2) is 0 Å². The lowest BCUT2D eigenvalue weighted by molar-refractivity contribution is 0.0697. The average molecular weight is 528 g/mol. The second-order valence-electron chi connectivity index (χ2n) is 7.69. The van der Waals surface area contributed by atoms with Crippen molar-refractivity contribution in [3.05, 3.63) is 108 Å². The second kappa shape index (κ2) is 10.0. The molecule has 1 aromatic heterocycles. The van der Waals surface area contributed by atoms with Gasteiger partial charge in [0, 0.05) is 5.69 Å². The summed E-state index contributed by atoms with van der Waals surface area (Å²) in [5, 5.41) is 8.97. The van der Waals surface area contributed by atoms with Crippen LogP contribution in [0.25, 0.3) is 0 Å². The van der Waals surface area contributed by atoms with Crippen LogP contribution in [0.5, 0.6) is 0 Å². The van der Waals surface area contributed by atoms with E-state index in [1.165, 1.54) is 24.3 Å². The molecule has 0 saturated carbocycles. The summed E-state index contributed by atoms with van der Waals surface area (Å²) in [5.41, 5.74) is 2.59. The minimum Gasteiger partial charge on any atom is -0.478 e. The number of carboxylic acid groups (broad SMARTS) is 1. The van der Waals surface area contributed by atoms with Gasteiger partial charge >= 0.3 is 5.97 Å². The van der Waals surface area contributed by atoms with Gasteiger partial charge in [-0.15, -0.1) is 11.3 Å². The molecule has 180 valence electrons. The number of aryl methyl sites for hydroxylation is 2. The molecule has 4 aromatic rings. The monoisotopic (exact) mass is 527 g/mol. The molecule has 10 heteroatoms. The summed E-state index contributed by atoms with van der Waals surface area (Å²) in [4.78, 5) is 11.0. The zero-order chi connectivity index (χ0) is 25.1. The predicted molar refractivity (Wildman–Crippen MR) is 134 cm³/mol. The van der Waals surface area contributed by atoms with E-state index in [9.17, 15) is 21.6 Å². The minimum absolute atomic E-state index is 0.0455. The summed E-state index contributed by atoms with van der Waals surface area (Å²) in [6.45, 7) is 0. The summed E-state index contributed by atoms with van der Waals surface area (Å²) in [7, 11) is -7.75. The third-order valence-corrected chi connectivity index (χ3v) is 10.5. The fourth-order valence-electron chi connectivity index (χ4n) is 3.36. The maximum atomic E-state index is 12.8. The normalized spacial score (nSPS) is 11.8. The number of hydrogen-bond acceptors (Lipinski definition) is 6. The highest BCUT2D eigenvalue weighted by molar-refractivity contribution is 7.96. The Morgan fingerprint density at radius 1 is 0.714 bits per heavy atom. The van der Waals surface area contributed by atoms with Crippen LogP contribution >= 0.6 is 11.3 Å². The maximum absolute atomic E-state index is 12.8. The molecule has 2 N–H and O–H groups in total. The van der Waals surface area contributed by atoms with Crippen molar-refractivity contribution in [1.29, 1.82) is 0 Å². The van der Waals surface area contributed by atoms with Gasteiger partial charge in [-0.3, -0.25) is 4.72 Å². The number of hydrogen-bond donors (Lipinski definition) is 2. The molecule has 0 spiro atoms.